The molecule has 1 N–H and O–H groups in total. The summed E-state index contributed by atoms with van der Waals surface area (Å²) in [4.78, 5) is 3.14. The molecule has 0 aliphatic rings. The first kappa shape index (κ1) is 14.3. The van der Waals surface area contributed by atoms with Gasteiger partial charge in [-0.2, -0.15) is 4.39 Å². The number of benzene rings is 1. The third kappa shape index (κ3) is 2.11. The second-order valence-corrected chi connectivity index (χ2v) is 3.74. The van der Waals surface area contributed by atoms with Gasteiger partial charge in [0.25, 0.3) is 0 Å². The maximum absolute atomic E-state index is 13.6. The number of aliphatic hydroxyl groups is 1. The molecule has 0 atom stereocenters. The number of hydrogen-bond donors (Lipinski definition) is 1. The molecule has 106 valence electrons. The lowest BCUT2D eigenvalue weighted by atomic mass is 10.0. The zero-order chi connectivity index (χ0) is 15.0. The van der Waals surface area contributed by atoms with Gasteiger partial charge in [-0.15, -0.1) is 0 Å². The number of pyridine rings is 1. The minimum atomic E-state index is -2.33. The summed E-state index contributed by atoms with van der Waals surface area (Å²) in [7, 11) is 0. The van der Waals surface area contributed by atoms with Gasteiger partial charge < -0.3 is 5.11 Å². The quantitative estimate of drug-likeness (QED) is 0.399. The van der Waals surface area contributed by atoms with E-state index in [1.165, 1.54) is 0 Å². The van der Waals surface area contributed by atoms with Gasteiger partial charge in [0.2, 0.25) is 11.8 Å². The number of hydrogen-bond acceptors (Lipinski definition) is 2. The number of nitrogens with zero attached hydrogens (tertiary/aromatic N) is 1. The van der Waals surface area contributed by atoms with Crippen LogP contribution in [0.15, 0.2) is 12.1 Å². The van der Waals surface area contributed by atoms with Crippen LogP contribution in [0.4, 0.5) is 26.3 Å². The van der Waals surface area contributed by atoms with Crippen LogP contribution < -0.4 is 0 Å². The van der Waals surface area contributed by atoms with Gasteiger partial charge in [0.1, 0.15) is 0 Å². The topological polar surface area (TPSA) is 33.1 Å². The molecule has 0 radical (unpaired) electrons. The Kier molecular flexibility index (Phi) is 3.67. The minimum Gasteiger partial charge on any atom is -0.390 e. The first-order valence-electron chi connectivity index (χ1n) is 5.16. The Hall–Kier alpha value is -2.09. The van der Waals surface area contributed by atoms with Gasteiger partial charge in [-0.3, -0.25) is 0 Å². The predicted octanol–water partition coefficient (Wildman–Crippen LogP) is 3.08. The van der Waals surface area contributed by atoms with Crippen molar-refractivity contribution in [3.05, 3.63) is 52.9 Å². The fraction of sp³-hybridized carbons (Fsp3) is 0.0833. The highest BCUT2D eigenvalue weighted by Crippen LogP contribution is 2.32. The molecule has 0 saturated heterocycles. The molecule has 0 aliphatic heterocycles. The maximum atomic E-state index is 13.6. The summed E-state index contributed by atoms with van der Waals surface area (Å²) in [5.74, 6) is -12.4. The first-order chi connectivity index (χ1) is 9.38. The Balaban J connectivity index is 2.76. The van der Waals surface area contributed by atoms with Crippen LogP contribution >= 0.6 is 0 Å². The van der Waals surface area contributed by atoms with Gasteiger partial charge in [-0.05, 0) is 12.1 Å². The van der Waals surface area contributed by atoms with Crippen molar-refractivity contribution >= 4 is 0 Å². The van der Waals surface area contributed by atoms with Gasteiger partial charge in [-0.1, -0.05) is 0 Å². The van der Waals surface area contributed by atoms with Gasteiger partial charge in [-0.25, -0.2) is 26.9 Å². The molecule has 1 aromatic heterocycles. The van der Waals surface area contributed by atoms with E-state index in [9.17, 15) is 26.3 Å². The van der Waals surface area contributed by atoms with Crippen LogP contribution in [0.5, 0.6) is 0 Å². The molecule has 1 aromatic carbocycles. The van der Waals surface area contributed by atoms with E-state index in [1.807, 2.05) is 0 Å². The lowest BCUT2D eigenvalue weighted by Crippen LogP contribution is -2.06. The monoisotopic (exact) mass is 293 g/mol. The van der Waals surface area contributed by atoms with Crippen molar-refractivity contribution in [2.45, 2.75) is 6.61 Å². The largest absolute Gasteiger partial charge is 0.390 e. The standard InChI is InChI=1S/C12H5F6NO/c13-7-6(8(14)10(16)11(17)9(7)15)5-2-1-4(3-20)19-12(5)18/h1-2,20H,3H2. The summed E-state index contributed by atoms with van der Waals surface area (Å²) in [6.07, 6.45) is 0. The fourth-order valence-electron chi connectivity index (χ4n) is 1.59. The van der Waals surface area contributed by atoms with Crippen LogP contribution in [0.25, 0.3) is 11.1 Å². The zero-order valence-electron chi connectivity index (χ0n) is 9.52. The molecule has 0 aliphatic carbocycles. The Morgan fingerprint density at radius 2 is 1.30 bits per heavy atom. The van der Waals surface area contributed by atoms with E-state index < -0.39 is 52.8 Å². The molecule has 2 rings (SSSR count). The van der Waals surface area contributed by atoms with Crippen LogP contribution in [0.3, 0.4) is 0 Å². The van der Waals surface area contributed by atoms with E-state index in [4.69, 9.17) is 5.11 Å². The lowest BCUT2D eigenvalue weighted by Gasteiger charge is -2.09. The SMILES string of the molecule is OCc1ccc(-c2c(F)c(F)c(F)c(F)c2F)c(F)n1. The molecule has 0 bridgehead atoms. The predicted molar refractivity (Wildman–Crippen MR) is 55.3 cm³/mol. The summed E-state index contributed by atoms with van der Waals surface area (Å²) in [6, 6.07) is 1.77. The van der Waals surface area contributed by atoms with E-state index in [0.717, 1.165) is 12.1 Å². The Bertz CT molecular complexity index is 659. The molecule has 20 heavy (non-hydrogen) atoms. The van der Waals surface area contributed by atoms with Crippen molar-refractivity contribution in [3.8, 4) is 11.1 Å². The third-order valence-electron chi connectivity index (χ3n) is 2.55. The third-order valence-corrected chi connectivity index (χ3v) is 2.55. The number of aliphatic hydroxyl groups excluding tert-OH is 1. The van der Waals surface area contributed by atoms with E-state index in [0.29, 0.717) is 0 Å². The molecule has 0 unspecified atom stereocenters. The van der Waals surface area contributed by atoms with E-state index >= 15 is 0 Å². The molecule has 2 aromatic rings. The minimum absolute atomic E-state index is 0.157. The molecule has 0 saturated carbocycles. The fourth-order valence-corrected chi connectivity index (χ4v) is 1.59. The van der Waals surface area contributed by atoms with Crippen LogP contribution in [0.2, 0.25) is 0 Å². The molecule has 0 amide bonds. The van der Waals surface area contributed by atoms with Crippen LogP contribution in [0.1, 0.15) is 5.69 Å². The van der Waals surface area contributed by atoms with Crippen LogP contribution in [-0.4, -0.2) is 10.1 Å². The summed E-state index contributed by atoms with van der Waals surface area (Å²) in [6.45, 7) is -0.645. The highest BCUT2D eigenvalue weighted by atomic mass is 19.2. The van der Waals surface area contributed by atoms with E-state index in [1.54, 1.807) is 0 Å². The molecule has 8 heteroatoms. The van der Waals surface area contributed by atoms with Crippen molar-refractivity contribution < 1.29 is 31.4 Å². The van der Waals surface area contributed by atoms with E-state index in [2.05, 4.69) is 4.98 Å². The summed E-state index contributed by atoms with van der Waals surface area (Å²) in [5.41, 5.74) is -2.46. The normalized spacial score (nSPS) is 10.9. The van der Waals surface area contributed by atoms with Crippen molar-refractivity contribution in [1.29, 1.82) is 0 Å². The number of halogens is 6. The lowest BCUT2D eigenvalue weighted by molar-refractivity contribution is 0.275. The summed E-state index contributed by atoms with van der Waals surface area (Å²) < 4.78 is 79.4. The highest BCUT2D eigenvalue weighted by molar-refractivity contribution is 5.65. The second kappa shape index (κ2) is 5.12. The Labute approximate surface area is 108 Å². The van der Waals surface area contributed by atoms with Crippen LogP contribution in [0, 0.1) is 35.0 Å². The molecule has 0 fully saturated rings. The summed E-state index contributed by atoms with van der Waals surface area (Å²) >= 11 is 0. The maximum Gasteiger partial charge on any atom is 0.221 e. The van der Waals surface area contributed by atoms with E-state index in [-0.39, 0.29) is 5.69 Å². The number of rotatable bonds is 2. The molecule has 0 spiro atoms. The van der Waals surface area contributed by atoms with Crippen molar-refractivity contribution in [1.82, 2.24) is 4.98 Å². The molecular weight excluding hydrogens is 288 g/mol. The van der Waals surface area contributed by atoms with Crippen molar-refractivity contribution in [3.63, 3.8) is 0 Å². The molecule has 2 nitrogen and oxygen atoms in total. The molecular formula is C12H5F6NO. The van der Waals surface area contributed by atoms with Gasteiger partial charge in [0.05, 0.1) is 17.9 Å². The Morgan fingerprint density at radius 1 is 0.800 bits per heavy atom. The average Bonchev–Trinajstić information content (AvgIpc) is 2.44. The zero-order valence-corrected chi connectivity index (χ0v) is 9.52. The smallest absolute Gasteiger partial charge is 0.221 e. The number of aromatic nitrogens is 1. The van der Waals surface area contributed by atoms with Crippen molar-refractivity contribution in [2.24, 2.45) is 0 Å². The highest BCUT2D eigenvalue weighted by Gasteiger charge is 2.28. The molecule has 1 heterocycles. The average molecular weight is 293 g/mol. The van der Waals surface area contributed by atoms with Crippen LogP contribution in [-0.2, 0) is 6.61 Å². The van der Waals surface area contributed by atoms with Crippen molar-refractivity contribution in [2.75, 3.05) is 0 Å². The summed E-state index contributed by atoms with van der Waals surface area (Å²) in [5, 5.41) is 8.71. The van der Waals surface area contributed by atoms with Gasteiger partial charge in [0.15, 0.2) is 23.3 Å². The van der Waals surface area contributed by atoms with Gasteiger partial charge >= 0.3 is 0 Å². The van der Waals surface area contributed by atoms with Gasteiger partial charge in [0, 0.05) is 5.56 Å². The Morgan fingerprint density at radius 3 is 1.75 bits per heavy atom. The second-order valence-electron chi connectivity index (χ2n) is 3.74. The first-order valence-corrected chi connectivity index (χ1v) is 5.16.